The molecule has 0 aliphatic carbocycles. The third kappa shape index (κ3) is 2.89. The van der Waals surface area contributed by atoms with Crippen molar-refractivity contribution in [3.8, 4) is 11.5 Å². The molecule has 4 aromatic rings. The molecule has 0 unspecified atom stereocenters. The summed E-state index contributed by atoms with van der Waals surface area (Å²) in [5.41, 5.74) is 3.88. The average Bonchev–Trinajstić information content (AvgIpc) is 3.17. The quantitative estimate of drug-likeness (QED) is 0.430. The Morgan fingerprint density at radius 3 is 2.28 bits per heavy atom. The summed E-state index contributed by atoms with van der Waals surface area (Å²) in [6.45, 7) is 4.60. The van der Waals surface area contributed by atoms with Crippen molar-refractivity contribution in [3.63, 3.8) is 0 Å². The van der Waals surface area contributed by atoms with Gasteiger partial charge in [0.1, 0.15) is 11.5 Å². The Kier molecular flexibility index (Phi) is 4.32. The van der Waals surface area contributed by atoms with Crippen LogP contribution in [0.5, 0.6) is 11.5 Å². The fourth-order valence-electron chi connectivity index (χ4n) is 3.91. The number of aromatic nitrogens is 1. The SMILES string of the molecule is CCN(C(=O)C1c2ccccc2Oc2ccccc21)c1nc2c(C)cccc2s1. The van der Waals surface area contributed by atoms with Crippen LogP contribution in [0.2, 0.25) is 0 Å². The highest BCUT2D eigenvalue weighted by atomic mass is 32.1. The van der Waals surface area contributed by atoms with Crippen molar-refractivity contribution in [1.29, 1.82) is 0 Å². The Hall–Kier alpha value is -3.18. The standard InChI is InChI=1S/C24H20N2O2S/c1-3-26(24-25-22-15(2)9-8-14-20(22)29-24)23(27)21-16-10-4-6-12-18(16)28-19-13-7-5-11-17(19)21/h4-14,21H,3H2,1-2H3. The van der Waals surface area contributed by atoms with Gasteiger partial charge in [0.25, 0.3) is 0 Å². The fourth-order valence-corrected chi connectivity index (χ4v) is 5.02. The zero-order valence-corrected chi connectivity index (χ0v) is 17.1. The van der Waals surface area contributed by atoms with Gasteiger partial charge in [0.15, 0.2) is 5.13 Å². The predicted octanol–water partition coefficient (Wildman–Crippen LogP) is 5.90. The number of hydrogen-bond donors (Lipinski definition) is 0. The third-order valence-corrected chi connectivity index (χ3v) is 6.39. The predicted molar refractivity (Wildman–Crippen MR) is 117 cm³/mol. The van der Waals surface area contributed by atoms with Gasteiger partial charge in [0, 0.05) is 17.7 Å². The van der Waals surface area contributed by atoms with Crippen LogP contribution < -0.4 is 9.64 Å². The van der Waals surface area contributed by atoms with Crippen LogP contribution in [-0.4, -0.2) is 17.4 Å². The second-order valence-corrected chi connectivity index (χ2v) is 8.12. The van der Waals surface area contributed by atoms with E-state index in [1.54, 1.807) is 16.2 Å². The summed E-state index contributed by atoms with van der Waals surface area (Å²) in [5.74, 6) is 1.08. The van der Waals surface area contributed by atoms with E-state index in [9.17, 15) is 4.79 Å². The molecule has 144 valence electrons. The number of fused-ring (bicyclic) bond motifs is 3. The molecule has 2 heterocycles. The largest absolute Gasteiger partial charge is 0.457 e. The lowest BCUT2D eigenvalue weighted by molar-refractivity contribution is -0.119. The smallest absolute Gasteiger partial charge is 0.241 e. The summed E-state index contributed by atoms with van der Waals surface area (Å²) in [6.07, 6.45) is 0. The number of nitrogens with zero attached hydrogens (tertiary/aromatic N) is 2. The van der Waals surface area contributed by atoms with E-state index in [0.29, 0.717) is 6.54 Å². The number of carbonyl (C=O) groups is 1. The van der Waals surface area contributed by atoms with Crippen LogP contribution in [0.1, 0.15) is 29.5 Å². The highest BCUT2D eigenvalue weighted by Crippen LogP contribution is 2.45. The molecule has 5 heteroatoms. The van der Waals surface area contributed by atoms with Crippen LogP contribution in [0, 0.1) is 6.92 Å². The summed E-state index contributed by atoms with van der Waals surface area (Å²) in [7, 11) is 0. The highest BCUT2D eigenvalue weighted by molar-refractivity contribution is 7.22. The lowest BCUT2D eigenvalue weighted by Gasteiger charge is -2.30. The topological polar surface area (TPSA) is 42.4 Å². The molecule has 1 aromatic heterocycles. The zero-order valence-electron chi connectivity index (χ0n) is 16.3. The van der Waals surface area contributed by atoms with Gasteiger partial charge >= 0.3 is 0 Å². The van der Waals surface area contributed by atoms with Gasteiger partial charge in [-0.25, -0.2) is 4.98 Å². The molecule has 0 saturated carbocycles. The van der Waals surface area contributed by atoms with Crippen molar-refractivity contribution >= 4 is 32.6 Å². The Labute approximate surface area is 173 Å². The van der Waals surface area contributed by atoms with E-state index in [4.69, 9.17) is 9.72 Å². The number of hydrogen-bond acceptors (Lipinski definition) is 4. The number of amides is 1. The molecule has 0 atom stereocenters. The van der Waals surface area contributed by atoms with Gasteiger partial charge in [0.05, 0.1) is 16.1 Å². The van der Waals surface area contributed by atoms with E-state index in [0.717, 1.165) is 43.5 Å². The monoisotopic (exact) mass is 400 g/mol. The summed E-state index contributed by atoms with van der Waals surface area (Å²) in [5, 5.41) is 0.739. The molecule has 29 heavy (non-hydrogen) atoms. The molecule has 0 fully saturated rings. The summed E-state index contributed by atoms with van der Waals surface area (Å²) in [4.78, 5) is 20.5. The molecule has 4 nitrogen and oxygen atoms in total. The summed E-state index contributed by atoms with van der Waals surface area (Å²) in [6, 6.07) is 21.7. The van der Waals surface area contributed by atoms with Crippen molar-refractivity contribution in [2.45, 2.75) is 19.8 Å². The third-order valence-electron chi connectivity index (χ3n) is 5.35. The lowest BCUT2D eigenvalue weighted by Crippen LogP contribution is -2.36. The van der Waals surface area contributed by atoms with Crippen LogP contribution in [0.3, 0.4) is 0 Å². The molecule has 3 aromatic carbocycles. The maximum absolute atomic E-state index is 13.9. The number of ether oxygens (including phenoxy) is 1. The molecule has 1 amide bonds. The Bertz CT molecular complexity index is 1190. The second kappa shape index (κ2) is 7.01. The van der Waals surface area contributed by atoms with E-state index in [-0.39, 0.29) is 5.91 Å². The molecule has 0 N–H and O–H groups in total. The number of para-hydroxylation sites is 3. The number of anilines is 1. The Balaban J connectivity index is 1.62. The minimum atomic E-state index is -0.413. The van der Waals surface area contributed by atoms with Crippen molar-refractivity contribution in [1.82, 2.24) is 4.98 Å². The number of carbonyl (C=O) groups excluding carboxylic acids is 1. The Morgan fingerprint density at radius 2 is 1.66 bits per heavy atom. The zero-order chi connectivity index (χ0) is 20.0. The van der Waals surface area contributed by atoms with E-state index in [2.05, 4.69) is 19.1 Å². The maximum Gasteiger partial charge on any atom is 0.241 e. The van der Waals surface area contributed by atoms with Gasteiger partial charge in [-0.2, -0.15) is 0 Å². The van der Waals surface area contributed by atoms with Crippen LogP contribution in [0.15, 0.2) is 66.7 Å². The Morgan fingerprint density at radius 1 is 1.00 bits per heavy atom. The maximum atomic E-state index is 13.9. The summed E-state index contributed by atoms with van der Waals surface area (Å²) < 4.78 is 7.15. The fraction of sp³-hybridized carbons (Fsp3) is 0.167. The van der Waals surface area contributed by atoms with Gasteiger partial charge < -0.3 is 4.74 Å². The highest BCUT2D eigenvalue weighted by Gasteiger charge is 2.36. The van der Waals surface area contributed by atoms with Crippen LogP contribution in [0.25, 0.3) is 10.2 Å². The number of benzene rings is 3. The second-order valence-electron chi connectivity index (χ2n) is 7.11. The number of thiazole rings is 1. The number of aryl methyl sites for hydroxylation is 1. The number of rotatable bonds is 3. The minimum absolute atomic E-state index is 0.0207. The number of likely N-dealkylation sites (N-methyl/N-ethyl adjacent to an activating group) is 1. The van der Waals surface area contributed by atoms with Crippen molar-refractivity contribution in [2.24, 2.45) is 0 Å². The molecule has 0 radical (unpaired) electrons. The van der Waals surface area contributed by atoms with E-state index in [1.165, 1.54) is 0 Å². The van der Waals surface area contributed by atoms with Gasteiger partial charge in [-0.3, -0.25) is 9.69 Å². The molecule has 0 bridgehead atoms. The van der Waals surface area contributed by atoms with Gasteiger partial charge in [-0.1, -0.05) is 59.9 Å². The van der Waals surface area contributed by atoms with Crippen LogP contribution >= 0.6 is 11.3 Å². The molecule has 1 aliphatic rings. The molecular formula is C24H20N2O2S. The van der Waals surface area contributed by atoms with E-state index in [1.807, 2.05) is 61.5 Å². The lowest BCUT2D eigenvalue weighted by atomic mass is 9.87. The first-order chi connectivity index (χ1) is 14.2. The van der Waals surface area contributed by atoms with Crippen LogP contribution in [-0.2, 0) is 4.79 Å². The molecule has 0 spiro atoms. The van der Waals surface area contributed by atoms with Gasteiger partial charge in [-0.15, -0.1) is 0 Å². The average molecular weight is 401 g/mol. The molecule has 5 rings (SSSR count). The first-order valence-corrected chi connectivity index (χ1v) is 10.5. The van der Waals surface area contributed by atoms with Gasteiger partial charge in [-0.05, 0) is 37.6 Å². The normalized spacial score (nSPS) is 12.9. The molecule has 0 saturated heterocycles. The van der Waals surface area contributed by atoms with Crippen molar-refractivity contribution in [3.05, 3.63) is 83.4 Å². The van der Waals surface area contributed by atoms with Crippen molar-refractivity contribution in [2.75, 3.05) is 11.4 Å². The van der Waals surface area contributed by atoms with Crippen molar-refractivity contribution < 1.29 is 9.53 Å². The first-order valence-electron chi connectivity index (χ1n) is 9.70. The van der Waals surface area contributed by atoms with E-state index >= 15 is 0 Å². The first kappa shape index (κ1) is 17.9. The van der Waals surface area contributed by atoms with Crippen LogP contribution in [0.4, 0.5) is 5.13 Å². The summed E-state index contributed by atoms with van der Waals surface area (Å²) >= 11 is 1.56. The minimum Gasteiger partial charge on any atom is -0.457 e. The van der Waals surface area contributed by atoms with E-state index < -0.39 is 5.92 Å². The van der Waals surface area contributed by atoms with Gasteiger partial charge in [0.2, 0.25) is 5.91 Å². The molecule has 1 aliphatic heterocycles. The molecular weight excluding hydrogens is 380 g/mol.